The van der Waals surface area contributed by atoms with Gasteiger partial charge in [-0.1, -0.05) is 29.4 Å². The van der Waals surface area contributed by atoms with E-state index in [1.165, 1.54) is 24.3 Å². The normalized spacial score (nSPS) is 17.7. The number of halogens is 4. The number of hydrogen-bond donors (Lipinski definition) is 0. The van der Waals surface area contributed by atoms with E-state index in [-0.39, 0.29) is 11.9 Å². The summed E-state index contributed by atoms with van der Waals surface area (Å²) in [6.45, 7) is 1.32. The molecular weight excluding hydrogens is 386 g/mol. The lowest BCUT2D eigenvalue weighted by molar-refractivity contribution is -0.137. The van der Waals surface area contributed by atoms with E-state index in [2.05, 4.69) is 15.0 Å². The van der Waals surface area contributed by atoms with E-state index in [0.717, 1.165) is 42.6 Å². The van der Waals surface area contributed by atoms with Crippen molar-refractivity contribution in [1.29, 1.82) is 0 Å². The molecule has 0 saturated carbocycles. The van der Waals surface area contributed by atoms with Gasteiger partial charge in [0.05, 0.1) is 11.6 Å². The number of aromatic nitrogens is 2. The Morgan fingerprint density at radius 1 is 1.00 bits per heavy atom. The zero-order valence-electron chi connectivity index (χ0n) is 15.5. The predicted octanol–water partition coefficient (Wildman–Crippen LogP) is 5.16. The van der Waals surface area contributed by atoms with Crippen LogP contribution in [0.5, 0.6) is 0 Å². The lowest BCUT2D eigenvalue weighted by atomic mass is 10.1. The third-order valence-electron chi connectivity index (χ3n) is 5.07. The van der Waals surface area contributed by atoms with Gasteiger partial charge >= 0.3 is 6.18 Å². The van der Waals surface area contributed by atoms with Crippen LogP contribution >= 0.6 is 0 Å². The molecule has 29 heavy (non-hydrogen) atoms. The molecule has 1 atom stereocenters. The van der Waals surface area contributed by atoms with Crippen molar-refractivity contribution in [3.05, 3.63) is 82.8 Å². The van der Waals surface area contributed by atoms with Crippen LogP contribution in [0.2, 0.25) is 0 Å². The first-order valence-electron chi connectivity index (χ1n) is 9.35. The molecule has 2 heterocycles. The van der Waals surface area contributed by atoms with Crippen LogP contribution in [0.1, 0.15) is 47.3 Å². The van der Waals surface area contributed by atoms with E-state index < -0.39 is 11.7 Å². The summed E-state index contributed by atoms with van der Waals surface area (Å²) in [7, 11) is 0. The third-order valence-corrected chi connectivity index (χ3v) is 5.07. The molecule has 2 aromatic carbocycles. The van der Waals surface area contributed by atoms with E-state index in [4.69, 9.17) is 4.52 Å². The number of benzene rings is 2. The van der Waals surface area contributed by atoms with E-state index in [0.29, 0.717) is 24.7 Å². The number of alkyl halides is 3. The molecule has 0 aliphatic carbocycles. The molecule has 1 aromatic heterocycles. The van der Waals surface area contributed by atoms with Crippen LogP contribution in [-0.4, -0.2) is 21.6 Å². The zero-order chi connectivity index (χ0) is 20.4. The molecular formula is C21H19F4N3O. The van der Waals surface area contributed by atoms with E-state index in [9.17, 15) is 17.6 Å². The summed E-state index contributed by atoms with van der Waals surface area (Å²) in [4.78, 5) is 6.62. The Hall–Kier alpha value is -2.74. The van der Waals surface area contributed by atoms with Crippen LogP contribution in [-0.2, 0) is 19.1 Å². The van der Waals surface area contributed by atoms with Crippen LogP contribution < -0.4 is 0 Å². The van der Waals surface area contributed by atoms with Crippen LogP contribution in [0, 0.1) is 5.82 Å². The average Bonchev–Trinajstić information content (AvgIpc) is 3.32. The second kappa shape index (κ2) is 7.94. The van der Waals surface area contributed by atoms with Crippen LogP contribution in [0.25, 0.3) is 0 Å². The van der Waals surface area contributed by atoms with Crippen molar-refractivity contribution < 1.29 is 22.1 Å². The molecule has 4 nitrogen and oxygen atoms in total. The number of hydrogen-bond acceptors (Lipinski definition) is 4. The highest BCUT2D eigenvalue weighted by atomic mass is 19.4. The first kappa shape index (κ1) is 19.6. The highest BCUT2D eigenvalue weighted by Gasteiger charge is 2.32. The van der Waals surface area contributed by atoms with Gasteiger partial charge in [-0.15, -0.1) is 0 Å². The van der Waals surface area contributed by atoms with Crippen LogP contribution in [0.3, 0.4) is 0 Å². The van der Waals surface area contributed by atoms with Gasteiger partial charge < -0.3 is 4.52 Å². The molecule has 1 saturated heterocycles. The maximum absolute atomic E-state index is 13.0. The fraction of sp³-hybridized carbons (Fsp3) is 0.333. The Bertz CT molecular complexity index is 951. The minimum absolute atomic E-state index is 0.0632. The van der Waals surface area contributed by atoms with Crippen molar-refractivity contribution in [3.8, 4) is 0 Å². The monoisotopic (exact) mass is 405 g/mol. The molecule has 0 amide bonds. The first-order valence-corrected chi connectivity index (χ1v) is 9.35. The van der Waals surface area contributed by atoms with Crippen LogP contribution in [0.15, 0.2) is 53.1 Å². The van der Waals surface area contributed by atoms with Gasteiger partial charge in [-0.05, 0) is 54.8 Å². The van der Waals surface area contributed by atoms with E-state index in [1.807, 2.05) is 0 Å². The average molecular weight is 405 g/mol. The Kier molecular flexibility index (Phi) is 5.36. The summed E-state index contributed by atoms with van der Waals surface area (Å²) in [6, 6.07) is 11.3. The molecule has 4 rings (SSSR count). The Labute approximate surface area is 165 Å². The maximum Gasteiger partial charge on any atom is 0.416 e. The standard InChI is InChI=1S/C21H19F4N3O/c22-17-9-5-14(6-10-17)12-19-26-20(29-27-19)18-2-1-11-28(18)13-15-3-7-16(8-4-15)21(23,24)25/h3-10,18H,1-2,11-13H2/t18-/m1/s1. The highest BCUT2D eigenvalue weighted by Crippen LogP contribution is 2.33. The Morgan fingerprint density at radius 3 is 2.38 bits per heavy atom. The fourth-order valence-corrected chi connectivity index (χ4v) is 3.59. The van der Waals surface area contributed by atoms with Gasteiger partial charge in [0.1, 0.15) is 5.82 Å². The summed E-state index contributed by atoms with van der Waals surface area (Å²) in [5.74, 6) is 0.729. The second-order valence-electron chi connectivity index (χ2n) is 7.18. The Morgan fingerprint density at radius 2 is 1.69 bits per heavy atom. The third kappa shape index (κ3) is 4.64. The lowest BCUT2D eigenvalue weighted by Gasteiger charge is -2.21. The molecule has 0 bridgehead atoms. The largest absolute Gasteiger partial charge is 0.416 e. The van der Waals surface area contributed by atoms with Crippen LogP contribution in [0.4, 0.5) is 17.6 Å². The summed E-state index contributed by atoms with van der Waals surface area (Å²) >= 11 is 0. The van der Waals surface area contributed by atoms with Crippen molar-refractivity contribution in [2.75, 3.05) is 6.54 Å². The summed E-state index contributed by atoms with van der Waals surface area (Å²) in [5, 5.41) is 4.03. The van der Waals surface area contributed by atoms with Gasteiger partial charge in [-0.25, -0.2) is 4.39 Å². The quantitative estimate of drug-likeness (QED) is 0.550. The smallest absolute Gasteiger partial charge is 0.338 e. The topological polar surface area (TPSA) is 42.2 Å². The lowest BCUT2D eigenvalue weighted by Crippen LogP contribution is -2.23. The highest BCUT2D eigenvalue weighted by molar-refractivity contribution is 5.25. The number of likely N-dealkylation sites (tertiary alicyclic amines) is 1. The summed E-state index contributed by atoms with van der Waals surface area (Å²) in [6.07, 6.45) is -2.10. The van der Waals surface area contributed by atoms with Crippen molar-refractivity contribution >= 4 is 0 Å². The van der Waals surface area contributed by atoms with Gasteiger partial charge in [0.2, 0.25) is 5.89 Å². The molecule has 1 aliphatic rings. The first-order chi connectivity index (χ1) is 13.9. The van der Waals surface area contributed by atoms with Crippen molar-refractivity contribution in [3.63, 3.8) is 0 Å². The molecule has 1 fully saturated rings. The van der Waals surface area contributed by atoms with Gasteiger partial charge in [-0.2, -0.15) is 18.2 Å². The minimum atomic E-state index is -4.33. The molecule has 0 radical (unpaired) electrons. The van der Waals surface area contributed by atoms with Gasteiger partial charge in [0.15, 0.2) is 5.82 Å². The maximum atomic E-state index is 13.0. The molecule has 8 heteroatoms. The minimum Gasteiger partial charge on any atom is -0.338 e. The van der Waals surface area contributed by atoms with Gasteiger partial charge in [0.25, 0.3) is 0 Å². The predicted molar refractivity (Wildman–Crippen MR) is 97.3 cm³/mol. The molecule has 0 spiro atoms. The summed E-state index contributed by atoms with van der Waals surface area (Å²) < 4.78 is 56.7. The SMILES string of the molecule is Fc1ccc(Cc2noc([C@H]3CCCN3Cc3ccc(C(F)(F)F)cc3)n2)cc1. The Balaban J connectivity index is 1.43. The van der Waals surface area contributed by atoms with Gasteiger partial charge in [-0.3, -0.25) is 4.90 Å². The van der Waals surface area contributed by atoms with Crippen molar-refractivity contribution in [2.45, 2.75) is 38.0 Å². The van der Waals surface area contributed by atoms with Crippen molar-refractivity contribution in [2.24, 2.45) is 0 Å². The fourth-order valence-electron chi connectivity index (χ4n) is 3.59. The number of rotatable bonds is 5. The molecule has 152 valence electrons. The zero-order valence-corrected chi connectivity index (χ0v) is 15.5. The van der Waals surface area contributed by atoms with E-state index >= 15 is 0 Å². The molecule has 0 unspecified atom stereocenters. The molecule has 3 aromatic rings. The number of nitrogens with zero attached hydrogens (tertiary/aromatic N) is 3. The molecule has 0 N–H and O–H groups in total. The summed E-state index contributed by atoms with van der Waals surface area (Å²) in [5.41, 5.74) is 1.03. The molecule has 1 aliphatic heterocycles. The van der Waals surface area contributed by atoms with E-state index in [1.54, 1.807) is 12.1 Å². The second-order valence-corrected chi connectivity index (χ2v) is 7.18. The van der Waals surface area contributed by atoms with Crippen molar-refractivity contribution in [1.82, 2.24) is 15.0 Å². The van der Waals surface area contributed by atoms with Gasteiger partial charge in [0, 0.05) is 13.0 Å².